The monoisotopic (exact) mass is 353 g/mol. The minimum absolute atomic E-state index is 0.0802. The lowest BCUT2D eigenvalue weighted by molar-refractivity contribution is 0.545. The van der Waals surface area contributed by atoms with Crippen LogP contribution in [0.25, 0.3) is 21.4 Å². The number of H-pyrrole nitrogens is 1. The van der Waals surface area contributed by atoms with E-state index in [2.05, 4.69) is 56.3 Å². The Morgan fingerprint density at radius 2 is 2.08 bits per heavy atom. The number of anilines is 3. The van der Waals surface area contributed by atoms with Crippen LogP contribution in [0.3, 0.4) is 0 Å². The number of hydrogen-bond donors (Lipinski definition) is 3. The van der Waals surface area contributed by atoms with Gasteiger partial charge in [-0.15, -0.1) is 11.3 Å². The van der Waals surface area contributed by atoms with Crippen molar-refractivity contribution in [1.82, 2.24) is 24.9 Å². The van der Waals surface area contributed by atoms with Crippen molar-refractivity contribution in [3.8, 4) is 0 Å². The van der Waals surface area contributed by atoms with E-state index < -0.39 is 0 Å². The van der Waals surface area contributed by atoms with E-state index >= 15 is 0 Å². The molecule has 0 aliphatic carbocycles. The number of nitrogens with zero attached hydrogens (tertiary/aromatic N) is 4. The number of aromatic amines is 1. The highest BCUT2D eigenvalue weighted by Crippen LogP contribution is 2.26. The van der Waals surface area contributed by atoms with Crippen molar-refractivity contribution in [1.29, 1.82) is 0 Å². The van der Waals surface area contributed by atoms with Gasteiger partial charge in [-0.3, -0.25) is 0 Å². The summed E-state index contributed by atoms with van der Waals surface area (Å²) >= 11 is 1.62. The van der Waals surface area contributed by atoms with Crippen LogP contribution in [0.1, 0.15) is 27.2 Å². The Labute approximate surface area is 149 Å². The number of benzene rings is 1. The van der Waals surface area contributed by atoms with Crippen LogP contribution in [0, 0.1) is 0 Å². The average molecular weight is 353 g/mol. The second-order valence-electron chi connectivity index (χ2n) is 6.52. The highest BCUT2D eigenvalue weighted by molar-refractivity contribution is 7.16. The van der Waals surface area contributed by atoms with E-state index in [4.69, 9.17) is 0 Å². The van der Waals surface area contributed by atoms with Crippen LogP contribution in [-0.4, -0.2) is 30.5 Å². The maximum atomic E-state index is 4.65. The van der Waals surface area contributed by atoms with Gasteiger partial charge in [0.2, 0.25) is 5.95 Å². The fraction of sp³-hybridized carbons (Fsp3) is 0.294. The van der Waals surface area contributed by atoms with E-state index in [0.717, 1.165) is 33.7 Å². The molecule has 0 saturated carbocycles. The van der Waals surface area contributed by atoms with Crippen molar-refractivity contribution >= 4 is 50.2 Å². The Morgan fingerprint density at radius 3 is 2.92 bits per heavy atom. The van der Waals surface area contributed by atoms with Crippen molar-refractivity contribution in [2.45, 2.75) is 32.7 Å². The van der Waals surface area contributed by atoms with Crippen molar-refractivity contribution in [3.05, 3.63) is 30.0 Å². The molecule has 3 heterocycles. The highest BCUT2D eigenvalue weighted by atomic mass is 32.1. The van der Waals surface area contributed by atoms with Crippen molar-refractivity contribution in [2.75, 3.05) is 10.6 Å². The number of imidazole rings is 1. The average Bonchev–Trinajstić information content (AvgIpc) is 3.23. The van der Waals surface area contributed by atoms with Gasteiger partial charge in [0.15, 0.2) is 11.5 Å². The number of fused-ring (bicyclic) bond motifs is 2. The molecule has 1 aromatic carbocycles. The zero-order valence-corrected chi connectivity index (χ0v) is 15.1. The van der Waals surface area contributed by atoms with E-state index in [9.17, 15) is 0 Å². The van der Waals surface area contributed by atoms with Gasteiger partial charge in [-0.2, -0.15) is 9.97 Å². The van der Waals surface area contributed by atoms with Crippen LogP contribution in [0.4, 0.5) is 17.5 Å². The summed E-state index contributed by atoms with van der Waals surface area (Å²) in [6.07, 6.45) is 2.60. The molecule has 0 fully saturated rings. The predicted molar refractivity (Wildman–Crippen MR) is 103 cm³/mol. The summed E-state index contributed by atoms with van der Waals surface area (Å²) in [4.78, 5) is 20.9. The first-order chi connectivity index (χ1) is 12.0. The lowest BCUT2D eigenvalue weighted by Crippen LogP contribution is -2.30. The Balaban J connectivity index is 1.71. The molecule has 0 atom stereocenters. The maximum absolute atomic E-state index is 4.65. The molecule has 0 aliphatic rings. The Kier molecular flexibility index (Phi) is 3.76. The molecule has 0 bridgehead atoms. The number of hydrogen-bond acceptors (Lipinski definition) is 7. The Morgan fingerprint density at radius 1 is 1.20 bits per heavy atom. The zero-order chi connectivity index (χ0) is 17.4. The molecule has 0 spiro atoms. The van der Waals surface area contributed by atoms with Crippen molar-refractivity contribution in [2.24, 2.45) is 0 Å². The maximum Gasteiger partial charge on any atom is 0.231 e. The predicted octanol–water partition coefficient (Wildman–Crippen LogP) is 4.31. The molecule has 0 amide bonds. The largest absolute Gasteiger partial charge is 0.363 e. The van der Waals surface area contributed by atoms with Crippen LogP contribution in [0.2, 0.25) is 0 Å². The van der Waals surface area contributed by atoms with Gasteiger partial charge in [0.1, 0.15) is 5.52 Å². The van der Waals surface area contributed by atoms with E-state index in [1.54, 1.807) is 17.7 Å². The molecule has 4 aromatic rings. The quantitative estimate of drug-likeness (QED) is 0.495. The summed E-state index contributed by atoms with van der Waals surface area (Å²) in [6, 6.07) is 6.04. The SMILES string of the molecule is CCC(C)(C)Nc1nc(Nc2ccc3scnc3c2)nc2nc[nH]c12. The second kappa shape index (κ2) is 5.96. The molecule has 0 saturated heterocycles. The first kappa shape index (κ1) is 15.8. The molecule has 3 N–H and O–H groups in total. The van der Waals surface area contributed by atoms with Crippen LogP contribution in [-0.2, 0) is 0 Å². The van der Waals surface area contributed by atoms with Crippen LogP contribution < -0.4 is 10.6 Å². The van der Waals surface area contributed by atoms with Gasteiger partial charge in [-0.1, -0.05) is 6.92 Å². The number of rotatable bonds is 5. The fourth-order valence-electron chi connectivity index (χ4n) is 2.45. The van der Waals surface area contributed by atoms with Crippen LogP contribution >= 0.6 is 11.3 Å². The molecular formula is C17H19N7S. The second-order valence-corrected chi connectivity index (χ2v) is 7.41. The van der Waals surface area contributed by atoms with Crippen LogP contribution in [0.5, 0.6) is 0 Å². The molecule has 128 valence electrons. The molecule has 4 rings (SSSR count). The lowest BCUT2D eigenvalue weighted by Gasteiger charge is -2.25. The molecule has 25 heavy (non-hydrogen) atoms. The van der Waals surface area contributed by atoms with Crippen LogP contribution in [0.15, 0.2) is 30.0 Å². The summed E-state index contributed by atoms with van der Waals surface area (Å²) < 4.78 is 1.15. The van der Waals surface area contributed by atoms with E-state index in [-0.39, 0.29) is 5.54 Å². The zero-order valence-electron chi connectivity index (χ0n) is 14.3. The molecule has 0 unspecified atom stereocenters. The van der Waals surface area contributed by atoms with E-state index in [1.165, 1.54) is 0 Å². The lowest BCUT2D eigenvalue weighted by atomic mass is 10.0. The third-order valence-corrected chi connectivity index (χ3v) is 5.02. The summed E-state index contributed by atoms with van der Waals surface area (Å²) in [6.45, 7) is 6.42. The molecule has 3 aromatic heterocycles. The van der Waals surface area contributed by atoms with Crippen molar-refractivity contribution < 1.29 is 0 Å². The van der Waals surface area contributed by atoms with Gasteiger partial charge in [-0.05, 0) is 38.5 Å². The highest BCUT2D eigenvalue weighted by Gasteiger charge is 2.19. The van der Waals surface area contributed by atoms with E-state index in [1.807, 2.05) is 23.7 Å². The van der Waals surface area contributed by atoms with Gasteiger partial charge in [0.05, 0.1) is 22.1 Å². The van der Waals surface area contributed by atoms with Gasteiger partial charge in [0.25, 0.3) is 0 Å². The Hall–Kier alpha value is -2.74. The number of nitrogens with one attached hydrogen (secondary N) is 3. The standard InChI is InChI=1S/C17H19N7S/c1-4-17(2,3)24-15-13-14(19-8-18-13)22-16(23-15)21-10-5-6-12-11(7-10)20-9-25-12/h5-9H,4H2,1-3H3,(H3,18,19,21,22,23,24). The van der Waals surface area contributed by atoms with Gasteiger partial charge >= 0.3 is 0 Å². The summed E-state index contributed by atoms with van der Waals surface area (Å²) in [5.74, 6) is 1.25. The van der Waals surface area contributed by atoms with Gasteiger partial charge in [0, 0.05) is 11.2 Å². The molecule has 0 aliphatic heterocycles. The summed E-state index contributed by atoms with van der Waals surface area (Å²) in [5, 5.41) is 6.74. The normalized spacial score (nSPS) is 12.0. The minimum Gasteiger partial charge on any atom is -0.363 e. The third-order valence-electron chi connectivity index (χ3n) is 4.21. The summed E-state index contributed by atoms with van der Waals surface area (Å²) in [5.41, 5.74) is 5.05. The van der Waals surface area contributed by atoms with E-state index in [0.29, 0.717) is 11.6 Å². The summed E-state index contributed by atoms with van der Waals surface area (Å²) in [7, 11) is 0. The first-order valence-corrected chi connectivity index (χ1v) is 9.01. The number of thiazole rings is 1. The van der Waals surface area contributed by atoms with Gasteiger partial charge in [-0.25, -0.2) is 9.97 Å². The first-order valence-electron chi connectivity index (χ1n) is 8.14. The fourth-order valence-corrected chi connectivity index (χ4v) is 3.11. The minimum atomic E-state index is -0.0802. The molecule has 0 radical (unpaired) electrons. The molecule has 8 heteroatoms. The Bertz CT molecular complexity index is 1030. The topological polar surface area (TPSA) is 91.4 Å². The van der Waals surface area contributed by atoms with Crippen molar-refractivity contribution in [3.63, 3.8) is 0 Å². The smallest absolute Gasteiger partial charge is 0.231 e. The van der Waals surface area contributed by atoms with Gasteiger partial charge < -0.3 is 15.6 Å². The molecular weight excluding hydrogens is 334 g/mol. The molecule has 7 nitrogen and oxygen atoms in total. The number of aromatic nitrogens is 5. The third kappa shape index (κ3) is 3.12.